The number of nitrogens with two attached hydrogens (primary N) is 1. The van der Waals surface area contributed by atoms with Crippen LogP contribution < -0.4 is 10.5 Å². The summed E-state index contributed by atoms with van der Waals surface area (Å²) in [6, 6.07) is 4.07. The van der Waals surface area contributed by atoms with Crippen LogP contribution in [0.15, 0.2) is 24.3 Å². The fourth-order valence-electron chi connectivity index (χ4n) is 1.82. The number of hydrogen-bond acceptors (Lipinski definition) is 4. The highest BCUT2D eigenvalue weighted by atomic mass is 19.2. The van der Waals surface area contributed by atoms with E-state index in [1.165, 1.54) is 24.3 Å². The minimum atomic E-state index is -2.36. The Morgan fingerprint density at radius 2 is 1.42 bits per heavy atom. The Labute approximate surface area is 132 Å². The Morgan fingerprint density at radius 3 is 1.92 bits per heavy atom. The standard InChI is InChI=1S/C15H10F5NO3/c16-9-10(17)12(19)14(13(20)11(9)18)24-15(23)8(21)5-6-1-3-7(22)4-2-6/h1-4,8,22H,5,21H2/t8-/m0/s1. The number of aromatic hydroxyl groups is 1. The van der Waals surface area contributed by atoms with Gasteiger partial charge in [0.25, 0.3) is 0 Å². The number of phenols is 1. The van der Waals surface area contributed by atoms with Gasteiger partial charge in [-0.05, 0) is 24.1 Å². The molecule has 0 fully saturated rings. The van der Waals surface area contributed by atoms with Gasteiger partial charge in [-0.3, -0.25) is 0 Å². The number of ether oxygens (including phenoxy) is 1. The van der Waals surface area contributed by atoms with Crippen LogP contribution in [0.3, 0.4) is 0 Å². The van der Waals surface area contributed by atoms with Crippen molar-refractivity contribution in [3.8, 4) is 11.5 Å². The molecule has 0 aliphatic carbocycles. The van der Waals surface area contributed by atoms with E-state index in [-0.39, 0.29) is 12.2 Å². The second-order valence-corrected chi connectivity index (χ2v) is 4.80. The van der Waals surface area contributed by atoms with Gasteiger partial charge in [-0.15, -0.1) is 0 Å². The molecule has 0 heterocycles. The molecule has 0 amide bonds. The van der Waals surface area contributed by atoms with E-state index in [0.29, 0.717) is 5.56 Å². The third-order valence-corrected chi connectivity index (χ3v) is 3.07. The molecule has 0 saturated carbocycles. The van der Waals surface area contributed by atoms with Crippen molar-refractivity contribution in [2.75, 3.05) is 0 Å². The van der Waals surface area contributed by atoms with E-state index in [4.69, 9.17) is 10.8 Å². The predicted molar refractivity (Wildman–Crippen MR) is 71.7 cm³/mol. The Kier molecular flexibility index (Phi) is 5.03. The highest BCUT2D eigenvalue weighted by Crippen LogP contribution is 2.29. The van der Waals surface area contributed by atoms with Crippen LogP contribution in [0.1, 0.15) is 5.56 Å². The topological polar surface area (TPSA) is 72.5 Å². The Morgan fingerprint density at radius 1 is 0.958 bits per heavy atom. The molecule has 0 aliphatic rings. The van der Waals surface area contributed by atoms with Crippen LogP contribution >= 0.6 is 0 Å². The summed E-state index contributed by atoms with van der Waals surface area (Å²) in [5.74, 6) is -14.5. The zero-order valence-corrected chi connectivity index (χ0v) is 11.8. The minimum absolute atomic E-state index is 0.0312. The van der Waals surface area contributed by atoms with Gasteiger partial charge < -0.3 is 15.6 Å². The second kappa shape index (κ2) is 6.83. The number of hydrogen-bond donors (Lipinski definition) is 2. The minimum Gasteiger partial charge on any atom is -0.508 e. The van der Waals surface area contributed by atoms with Gasteiger partial charge in [0.15, 0.2) is 0 Å². The van der Waals surface area contributed by atoms with E-state index in [2.05, 4.69) is 4.74 Å². The fourth-order valence-corrected chi connectivity index (χ4v) is 1.82. The molecule has 128 valence electrons. The average Bonchev–Trinajstić information content (AvgIpc) is 2.57. The van der Waals surface area contributed by atoms with Crippen molar-refractivity contribution in [3.63, 3.8) is 0 Å². The van der Waals surface area contributed by atoms with Crippen LogP contribution in [-0.2, 0) is 11.2 Å². The second-order valence-electron chi connectivity index (χ2n) is 4.80. The van der Waals surface area contributed by atoms with Gasteiger partial charge in [0.1, 0.15) is 11.8 Å². The average molecular weight is 347 g/mol. The van der Waals surface area contributed by atoms with Crippen molar-refractivity contribution in [3.05, 3.63) is 58.9 Å². The van der Waals surface area contributed by atoms with Gasteiger partial charge in [0, 0.05) is 0 Å². The Hall–Kier alpha value is -2.68. The van der Waals surface area contributed by atoms with E-state index >= 15 is 0 Å². The van der Waals surface area contributed by atoms with Crippen LogP contribution in [0.4, 0.5) is 22.0 Å². The normalized spacial score (nSPS) is 12.1. The SMILES string of the molecule is N[C@@H](Cc1ccc(O)cc1)C(=O)Oc1c(F)c(F)c(F)c(F)c1F. The molecule has 2 rings (SSSR count). The van der Waals surface area contributed by atoms with Crippen LogP contribution in [0, 0.1) is 29.1 Å². The molecule has 3 N–H and O–H groups in total. The van der Waals surface area contributed by atoms with Crippen molar-refractivity contribution >= 4 is 5.97 Å². The van der Waals surface area contributed by atoms with Gasteiger partial charge in [0.2, 0.25) is 34.8 Å². The molecule has 0 radical (unpaired) electrons. The smallest absolute Gasteiger partial charge is 0.328 e. The molecule has 0 spiro atoms. The van der Waals surface area contributed by atoms with Crippen LogP contribution in [0.5, 0.6) is 11.5 Å². The number of esters is 1. The van der Waals surface area contributed by atoms with Crippen molar-refractivity contribution < 1.29 is 36.6 Å². The molecular weight excluding hydrogens is 337 g/mol. The van der Waals surface area contributed by atoms with Gasteiger partial charge in [-0.25, -0.2) is 18.0 Å². The summed E-state index contributed by atoms with van der Waals surface area (Å²) in [6.07, 6.45) is -0.144. The largest absolute Gasteiger partial charge is 0.508 e. The van der Waals surface area contributed by atoms with Crippen LogP contribution in [0.2, 0.25) is 0 Å². The first-order chi connectivity index (χ1) is 11.2. The molecule has 9 heteroatoms. The number of halogens is 5. The molecule has 0 saturated heterocycles. The van der Waals surface area contributed by atoms with Crippen LogP contribution in [0.25, 0.3) is 0 Å². The van der Waals surface area contributed by atoms with Crippen LogP contribution in [-0.4, -0.2) is 17.1 Å². The zero-order chi connectivity index (χ0) is 18.0. The summed E-state index contributed by atoms with van der Waals surface area (Å²) in [5.41, 5.74) is 5.98. The maximum atomic E-state index is 13.4. The number of benzene rings is 2. The summed E-state index contributed by atoms with van der Waals surface area (Å²) < 4.78 is 70.1. The first-order valence-electron chi connectivity index (χ1n) is 6.49. The summed E-state index contributed by atoms with van der Waals surface area (Å²) in [6.45, 7) is 0. The fraction of sp³-hybridized carbons (Fsp3) is 0.133. The van der Waals surface area contributed by atoms with Crippen molar-refractivity contribution in [1.82, 2.24) is 0 Å². The van der Waals surface area contributed by atoms with Crippen molar-refractivity contribution in [1.29, 1.82) is 0 Å². The molecule has 2 aromatic carbocycles. The highest BCUT2D eigenvalue weighted by molar-refractivity contribution is 5.78. The van der Waals surface area contributed by atoms with E-state index in [0.717, 1.165) is 0 Å². The highest BCUT2D eigenvalue weighted by Gasteiger charge is 2.29. The van der Waals surface area contributed by atoms with Crippen molar-refractivity contribution in [2.24, 2.45) is 5.73 Å². The first kappa shape index (κ1) is 17.7. The van der Waals surface area contributed by atoms with Gasteiger partial charge in [-0.2, -0.15) is 8.78 Å². The molecule has 0 bridgehead atoms. The molecule has 4 nitrogen and oxygen atoms in total. The Balaban J connectivity index is 2.19. The number of phenolic OH excluding ortho intramolecular Hbond substituents is 1. The summed E-state index contributed by atoms with van der Waals surface area (Å²) in [7, 11) is 0. The lowest BCUT2D eigenvalue weighted by Crippen LogP contribution is -2.36. The Bertz CT molecular complexity index is 751. The van der Waals surface area contributed by atoms with Gasteiger partial charge >= 0.3 is 5.97 Å². The number of carbonyl (C=O) groups is 1. The maximum Gasteiger partial charge on any atom is 0.328 e. The van der Waals surface area contributed by atoms with E-state index < -0.39 is 46.8 Å². The first-order valence-corrected chi connectivity index (χ1v) is 6.49. The molecular formula is C15H10F5NO3. The zero-order valence-electron chi connectivity index (χ0n) is 11.8. The lowest BCUT2D eigenvalue weighted by Gasteiger charge is -2.13. The van der Waals surface area contributed by atoms with Gasteiger partial charge in [-0.1, -0.05) is 12.1 Å². The summed E-state index contributed by atoms with van der Waals surface area (Å²) >= 11 is 0. The molecule has 2 aromatic rings. The lowest BCUT2D eigenvalue weighted by atomic mass is 10.1. The predicted octanol–water partition coefficient (Wildman–Crippen LogP) is 2.56. The van der Waals surface area contributed by atoms with E-state index in [9.17, 15) is 26.7 Å². The van der Waals surface area contributed by atoms with Gasteiger partial charge in [0.05, 0.1) is 0 Å². The molecule has 24 heavy (non-hydrogen) atoms. The lowest BCUT2D eigenvalue weighted by molar-refractivity contribution is -0.136. The number of carbonyl (C=O) groups excluding carboxylic acids is 1. The summed E-state index contributed by atoms with van der Waals surface area (Å²) in [5, 5.41) is 9.12. The van der Waals surface area contributed by atoms with E-state index in [1.807, 2.05) is 0 Å². The molecule has 0 unspecified atom stereocenters. The monoisotopic (exact) mass is 347 g/mol. The quantitative estimate of drug-likeness (QED) is 0.293. The molecule has 1 atom stereocenters. The third-order valence-electron chi connectivity index (χ3n) is 3.07. The summed E-state index contributed by atoms with van der Waals surface area (Å²) in [4.78, 5) is 11.7. The molecule has 0 aromatic heterocycles. The van der Waals surface area contributed by atoms with Crippen molar-refractivity contribution in [2.45, 2.75) is 12.5 Å². The third kappa shape index (κ3) is 3.46. The number of rotatable bonds is 4. The van der Waals surface area contributed by atoms with E-state index in [1.54, 1.807) is 0 Å². The molecule has 0 aliphatic heterocycles. The maximum absolute atomic E-state index is 13.4.